The van der Waals surface area contributed by atoms with Crippen LogP contribution in [-0.2, 0) is 14.4 Å². The summed E-state index contributed by atoms with van der Waals surface area (Å²) in [5.74, 6) is -2.31. The molecule has 0 aliphatic heterocycles. The maximum absolute atomic E-state index is 13.0. The van der Waals surface area contributed by atoms with Gasteiger partial charge in [-0.05, 0) is 31.8 Å². The average Bonchev–Trinajstić information content (AvgIpc) is 2.47. The van der Waals surface area contributed by atoms with E-state index >= 15 is 0 Å². The van der Waals surface area contributed by atoms with E-state index in [1.165, 1.54) is 24.3 Å². The van der Waals surface area contributed by atoms with Crippen LogP contribution >= 0.6 is 0 Å². The first kappa shape index (κ1) is 18.6. The zero-order valence-corrected chi connectivity index (χ0v) is 13.0. The molecule has 0 aliphatic carbocycles. The monoisotopic (exact) mass is 325 g/mol. The molecular weight excluding hydrogens is 305 g/mol. The van der Waals surface area contributed by atoms with Crippen LogP contribution < -0.4 is 10.6 Å². The lowest BCUT2D eigenvalue weighted by atomic mass is 10.1. The van der Waals surface area contributed by atoms with Crippen molar-refractivity contribution in [2.24, 2.45) is 0 Å². The zero-order valence-electron chi connectivity index (χ0n) is 13.0. The van der Waals surface area contributed by atoms with Crippen molar-refractivity contribution in [1.29, 1.82) is 0 Å². The van der Waals surface area contributed by atoms with E-state index in [9.17, 15) is 18.8 Å². The van der Waals surface area contributed by atoms with Crippen molar-refractivity contribution in [2.75, 3.05) is 27.2 Å². The largest absolute Gasteiger partial charge is 0.480 e. The van der Waals surface area contributed by atoms with Crippen LogP contribution in [0.3, 0.4) is 0 Å². The van der Waals surface area contributed by atoms with Gasteiger partial charge in [0.15, 0.2) is 0 Å². The van der Waals surface area contributed by atoms with Crippen LogP contribution in [0.4, 0.5) is 4.39 Å². The van der Waals surface area contributed by atoms with Gasteiger partial charge < -0.3 is 15.7 Å². The number of amides is 2. The lowest BCUT2D eigenvalue weighted by molar-refractivity contribution is -0.138. The molecule has 0 bridgehead atoms. The first-order valence-corrected chi connectivity index (χ1v) is 6.99. The molecule has 7 nitrogen and oxygen atoms in total. The molecule has 23 heavy (non-hydrogen) atoms. The number of halogens is 1. The third-order valence-corrected chi connectivity index (χ3v) is 3.04. The molecule has 2 amide bonds. The van der Waals surface area contributed by atoms with E-state index in [4.69, 9.17) is 5.11 Å². The Bertz CT molecular complexity index is 560. The van der Waals surface area contributed by atoms with Crippen molar-refractivity contribution in [3.63, 3.8) is 0 Å². The van der Waals surface area contributed by atoms with Crippen LogP contribution in [0.15, 0.2) is 24.3 Å². The first-order valence-electron chi connectivity index (χ1n) is 6.99. The number of nitrogens with one attached hydrogen (secondary N) is 2. The highest BCUT2D eigenvalue weighted by molar-refractivity contribution is 5.84. The van der Waals surface area contributed by atoms with Crippen molar-refractivity contribution in [3.8, 4) is 0 Å². The summed E-state index contributed by atoms with van der Waals surface area (Å²) in [5.41, 5.74) is 0.629. The Morgan fingerprint density at radius 2 is 1.78 bits per heavy atom. The second-order valence-electron chi connectivity index (χ2n) is 5.13. The van der Waals surface area contributed by atoms with Crippen LogP contribution in [0.2, 0.25) is 0 Å². The highest BCUT2D eigenvalue weighted by atomic mass is 19.1. The first-order chi connectivity index (χ1) is 10.8. The molecule has 0 saturated heterocycles. The second-order valence-corrected chi connectivity index (χ2v) is 5.13. The van der Waals surface area contributed by atoms with Crippen LogP contribution in [0.5, 0.6) is 0 Å². The third-order valence-electron chi connectivity index (χ3n) is 3.04. The molecule has 126 valence electrons. The topological polar surface area (TPSA) is 98.7 Å². The van der Waals surface area contributed by atoms with Crippen molar-refractivity contribution < 1.29 is 23.9 Å². The molecule has 3 N–H and O–H groups in total. The summed E-state index contributed by atoms with van der Waals surface area (Å²) in [5, 5.41) is 13.3. The number of benzene rings is 1. The number of carbonyl (C=O) groups is 3. The molecule has 1 aromatic carbocycles. The molecule has 0 saturated carbocycles. The van der Waals surface area contributed by atoms with Crippen LogP contribution in [0.25, 0.3) is 0 Å². The Labute approximate surface area is 133 Å². The maximum Gasteiger partial charge on any atom is 0.322 e. The molecule has 0 spiro atoms. The second kappa shape index (κ2) is 8.84. The normalized spacial score (nSPS) is 11.8. The lowest BCUT2D eigenvalue weighted by Gasteiger charge is -2.23. The number of carbonyl (C=O) groups excluding carboxylic acids is 2. The van der Waals surface area contributed by atoms with E-state index in [0.29, 0.717) is 5.56 Å². The van der Waals surface area contributed by atoms with E-state index < -0.39 is 24.5 Å². The van der Waals surface area contributed by atoms with Crippen LogP contribution in [-0.4, -0.2) is 55.0 Å². The smallest absolute Gasteiger partial charge is 0.322 e. The molecule has 0 heterocycles. The molecule has 1 unspecified atom stereocenters. The van der Waals surface area contributed by atoms with E-state index in [1.54, 1.807) is 19.0 Å². The minimum Gasteiger partial charge on any atom is -0.480 e. The van der Waals surface area contributed by atoms with Crippen molar-refractivity contribution in [2.45, 2.75) is 12.5 Å². The summed E-state index contributed by atoms with van der Waals surface area (Å²) in [4.78, 5) is 35.6. The summed E-state index contributed by atoms with van der Waals surface area (Å²) in [6, 6.07) is 4.99. The number of hydrogen-bond donors (Lipinski definition) is 3. The van der Waals surface area contributed by atoms with Crippen molar-refractivity contribution >= 4 is 17.8 Å². The number of carboxylic acids is 1. The Balaban J connectivity index is 2.54. The number of likely N-dealkylation sites (N-methyl/N-ethyl adjacent to an activating group) is 1. The number of rotatable bonds is 8. The molecule has 1 aromatic rings. The molecule has 0 aromatic heterocycles. The van der Waals surface area contributed by atoms with E-state index in [0.717, 1.165) is 0 Å². The maximum atomic E-state index is 13.0. The van der Waals surface area contributed by atoms with Gasteiger partial charge in [-0.2, -0.15) is 0 Å². The number of hydrogen-bond acceptors (Lipinski definition) is 4. The Kier molecular flexibility index (Phi) is 7.14. The van der Waals surface area contributed by atoms with Gasteiger partial charge in [0.1, 0.15) is 18.4 Å². The minimum atomic E-state index is -1.13. The number of aliphatic carboxylic acids is 1. The molecule has 0 aliphatic rings. The van der Waals surface area contributed by atoms with E-state index in [-0.39, 0.29) is 24.7 Å². The third kappa shape index (κ3) is 6.43. The van der Waals surface area contributed by atoms with Crippen LogP contribution in [0, 0.1) is 5.82 Å². The fourth-order valence-corrected chi connectivity index (χ4v) is 1.99. The molecular formula is C15H20FN3O4. The summed E-state index contributed by atoms with van der Waals surface area (Å²) in [7, 11) is 3.43. The summed E-state index contributed by atoms with van der Waals surface area (Å²) in [6.45, 7) is -0.376. The number of carboxylic acid groups (broad SMARTS) is 1. The SMILES string of the molecule is CN(C)C(C(=O)NCCC(=O)NCC(=O)O)c1ccc(F)cc1. The van der Waals surface area contributed by atoms with Crippen molar-refractivity contribution in [3.05, 3.63) is 35.6 Å². The Morgan fingerprint density at radius 1 is 1.17 bits per heavy atom. The van der Waals surface area contributed by atoms with E-state index in [1.807, 2.05) is 0 Å². The summed E-state index contributed by atoms with van der Waals surface area (Å²) >= 11 is 0. The van der Waals surface area contributed by atoms with Gasteiger partial charge in [0, 0.05) is 13.0 Å². The zero-order chi connectivity index (χ0) is 17.4. The quantitative estimate of drug-likeness (QED) is 0.631. The molecule has 8 heteroatoms. The van der Waals surface area contributed by atoms with Gasteiger partial charge in [0.05, 0.1) is 0 Å². The van der Waals surface area contributed by atoms with E-state index in [2.05, 4.69) is 10.6 Å². The highest BCUT2D eigenvalue weighted by Gasteiger charge is 2.22. The Hall–Kier alpha value is -2.48. The summed E-state index contributed by atoms with van der Waals surface area (Å²) in [6.07, 6.45) is -0.0252. The van der Waals surface area contributed by atoms with Gasteiger partial charge in [-0.1, -0.05) is 12.1 Å². The lowest BCUT2D eigenvalue weighted by Crippen LogP contribution is -2.39. The van der Waals surface area contributed by atoms with Crippen LogP contribution in [0.1, 0.15) is 18.0 Å². The standard InChI is InChI=1S/C15H20FN3O4/c1-19(2)14(10-3-5-11(16)6-4-10)15(23)17-8-7-12(20)18-9-13(21)22/h3-6,14H,7-9H2,1-2H3,(H,17,23)(H,18,20)(H,21,22). The van der Waals surface area contributed by atoms with Crippen molar-refractivity contribution in [1.82, 2.24) is 15.5 Å². The predicted molar refractivity (Wildman–Crippen MR) is 81.1 cm³/mol. The fourth-order valence-electron chi connectivity index (χ4n) is 1.99. The molecule has 0 fully saturated rings. The van der Waals surface area contributed by atoms with Gasteiger partial charge in [-0.3, -0.25) is 19.3 Å². The fraction of sp³-hybridized carbons (Fsp3) is 0.400. The van der Waals surface area contributed by atoms with Gasteiger partial charge in [0.25, 0.3) is 0 Å². The number of nitrogens with zero attached hydrogens (tertiary/aromatic N) is 1. The van der Waals surface area contributed by atoms with Gasteiger partial charge in [0.2, 0.25) is 11.8 Å². The van der Waals surface area contributed by atoms with Gasteiger partial charge in [-0.25, -0.2) is 4.39 Å². The molecule has 1 rings (SSSR count). The van der Waals surface area contributed by atoms with Gasteiger partial charge in [-0.15, -0.1) is 0 Å². The Morgan fingerprint density at radius 3 is 2.30 bits per heavy atom. The predicted octanol–water partition coefficient (Wildman–Crippen LogP) is 0.136. The van der Waals surface area contributed by atoms with Gasteiger partial charge >= 0.3 is 5.97 Å². The summed E-state index contributed by atoms with van der Waals surface area (Å²) < 4.78 is 13.0. The molecule has 1 atom stereocenters. The molecule has 0 radical (unpaired) electrons. The average molecular weight is 325 g/mol. The minimum absolute atomic E-state index is 0.0252. The highest BCUT2D eigenvalue weighted by Crippen LogP contribution is 2.18.